The van der Waals surface area contributed by atoms with Crippen LogP contribution in [0.15, 0.2) is 0 Å². The van der Waals surface area contributed by atoms with E-state index in [-0.39, 0.29) is 0 Å². The molecule has 4 fully saturated rings. The number of nitrogens with one attached hydrogen (secondary N) is 1. The zero-order chi connectivity index (χ0) is 12.1. The highest BCUT2D eigenvalue weighted by molar-refractivity contribution is 5.07. The van der Waals surface area contributed by atoms with Crippen molar-refractivity contribution < 1.29 is 0 Å². The molecule has 4 aliphatic carbocycles. The highest BCUT2D eigenvalue weighted by Gasteiger charge is 2.56. The topological polar surface area (TPSA) is 12.0 Å². The van der Waals surface area contributed by atoms with Crippen molar-refractivity contribution in [1.82, 2.24) is 5.32 Å². The quantitative estimate of drug-likeness (QED) is 0.777. The molecule has 0 aromatic heterocycles. The zero-order valence-corrected chi connectivity index (χ0v) is 11.9. The Morgan fingerprint density at radius 1 is 1.06 bits per heavy atom. The molecular formula is C16H29N. The molecule has 0 heterocycles. The van der Waals surface area contributed by atoms with Crippen molar-refractivity contribution in [2.24, 2.45) is 22.7 Å². The number of hydrogen-bond donors (Lipinski definition) is 1. The molecule has 0 aromatic carbocycles. The maximum Gasteiger partial charge on any atom is 0.00106 e. The Hall–Kier alpha value is -0.0400. The lowest BCUT2D eigenvalue weighted by atomic mass is 9.43. The summed E-state index contributed by atoms with van der Waals surface area (Å²) in [5.74, 6) is 2.15. The van der Waals surface area contributed by atoms with E-state index in [9.17, 15) is 0 Å². The third-order valence-corrected chi connectivity index (χ3v) is 5.94. The number of hydrogen-bond acceptors (Lipinski definition) is 1. The van der Waals surface area contributed by atoms with Gasteiger partial charge in [0.1, 0.15) is 0 Å². The molecule has 0 spiro atoms. The molecule has 2 atom stereocenters. The maximum atomic E-state index is 3.74. The molecule has 0 aromatic rings. The van der Waals surface area contributed by atoms with Crippen LogP contribution in [0, 0.1) is 22.7 Å². The van der Waals surface area contributed by atoms with Gasteiger partial charge in [0.2, 0.25) is 0 Å². The van der Waals surface area contributed by atoms with Crippen molar-refractivity contribution in [3.05, 3.63) is 0 Å². The standard InChI is InChI=1S/C16H29N/c1-4-15-6-13-5-14(7-15)9-16(8-13,10-15)11-17-12(2)3/h12-14,17H,4-11H2,1-3H3. The Labute approximate surface area is 107 Å². The lowest BCUT2D eigenvalue weighted by Crippen LogP contribution is -2.55. The second-order valence-corrected chi connectivity index (χ2v) is 7.85. The van der Waals surface area contributed by atoms with Gasteiger partial charge in [0.05, 0.1) is 0 Å². The van der Waals surface area contributed by atoms with Crippen molar-refractivity contribution in [1.29, 1.82) is 0 Å². The first kappa shape index (κ1) is 12.0. The smallest absolute Gasteiger partial charge is 0.00106 e. The lowest BCUT2D eigenvalue weighted by Gasteiger charge is -2.62. The van der Waals surface area contributed by atoms with Crippen LogP contribution >= 0.6 is 0 Å². The first-order chi connectivity index (χ1) is 8.05. The summed E-state index contributed by atoms with van der Waals surface area (Å²) >= 11 is 0. The van der Waals surface area contributed by atoms with Gasteiger partial charge in [-0.05, 0) is 61.2 Å². The molecule has 4 aliphatic rings. The highest BCUT2D eigenvalue weighted by atomic mass is 14.9. The average Bonchev–Trinajstić information content (AvgIpc) is 2.25. The van der Waals surface area contributed by atoms with Gasteiger partial charge in [0.15, 0.2) is 0 Å². The molecule has 0 amide bonds. The fourth-order valence-corrected chi connectivity index (χ4v) is 5.69. The van der Waals surface area contributed by atoms with E-state index in [1.54, 1.807) is 19.3 Å². The van der Waals surface area contributed by atoms with E-state index in [0.717, 1.165) is 17.3 Å². The largest absolute Gasteiger partial charge is 0.314 e. The zero-order valence-electron chi connectivity index (χ0n) is 11.9. The second kappa shape index (κ2) is 3.98. The molecule has 0 saturated heterocycles. The SMILES string of the molecule is CCC12CC3CC(C1)CC(CNC(C)C)(C3)C2. The summed E-state index contributed by atoms with van der Waals surface area (Å²) in [6.07, 6.45) is 10.7. The maximum absolute atomic E-state index is 3.74. The normalized spacial score (nSPS) is 48.0. The number of rotatable bonds is 4. The van der Waals surface area contributed by atoms with E-state index in [1.807, 2.05) is 0 Å². The predicted octanol–water partition coefficient (Wildman–Crippen LogP) is 3.98. The Balaban J connectivity index is 1.77. The van der Waals surface area contributed by atoms with Crippen LogP contribution in [0.4, 0.5) is 0 Å². The van der Waals surface area contributed by atoms with Gasteiger partial charge < -0.3 is 5.32 Å². The average molecular weight is 235 g/mol. The first-order valence-corrected chi connectivity index (χ1v) is 7.78. The summed E-state index contributed by atoms with van der Waals surface area (Å²) in [4.78, 5) is 0. The minimum absolute atomic E-state index is 0.653. The van der Waals surface area contributed by atoms with Crippen molar-refractivity contribution in [2.75, 3.05) is 6.54 Å². The van der Waals surface area contributed by atoms with Gasteiger partial charge in [-0.15, -0.1) is 0 Å². The van der Waals surface area contributed by atoms with Crippen LogP contribution in [0.1, 0.15) is 65.7 Å². The van der Waals surface area contributed by atoms with Gasteiger partial charge in [-0.1, -0.05) is 27.2 Å². The Morgan fingerprint density at radius 2 is 1.65 bits per heavy atom. The summed E-state index contributed by atoms with van der Waals surface area (Å²) < 4.78 is 0. The van der Waals surface area contributed by atoms with Crippen LogP contribution in [0.5, 0.6) is 0 Å². The van der Waals surface area contributed by atoms with Gasteiger partial charge in [-0.25, -0.2) is 0 Å². The molecule has 4 rings (SSSR count). The molecule has 17 heavy (non-hydrogen) atoms. The van der Waals surface area contributed by atoms with Crippen LogP contribution in [-0.4, -0.2) is 12.6 Å². The molecule has 2 unspecified atom stereocenters. The molecular weight excluding hydrogens is 206 g/mol. The highest BCUT2D eigenvalue weighted by Crippen LogP contribution is 2.66. The van der Waals surface area contributed by atoms with Gasteiger partial charge >= 0.3 is 0 Å². The van der Waals surface area contributed by atoms with Crippen molar-refractivity contribution in [3.63, 3.8) is 0 Å². The Morgan fingerprint density at radius 3 is 2.18 bits per heavy atom. The van der Waals surface area contributed by atoms with Gasteiger partial charge in [-0.3, -0.25) is 0 Å². The second-order valence-electron chi connectivity index (χ2n) is 7.85. The third-order valence-electron chi connectivity index (χ3n) is 5.94. The van der Waals surface area contributed by atoms with E-state index in [2.05, 4.69) is 26.1 Å². The summed E-state index contributed by atoms with van der Waals surface area (Å²) in [6, 6.07) is 0.653. The van der Waals surface area contributed by atoms with E-state index in [0.29, 0.717) is 11.5 Å². The summed E-state index contributed by atoms with van der Waals surface area (Å²) in [5, 5.41) is 3.74. The predicted molar refractivity (Wildman–Crippen MR) is 73.0 cm³/mol. The molecule has 1 nitrogen and oxygen atoms in total. The van der Waals surface area contributed by atoms with E-state index in [4.69, 9.17) is 0 Å². The van der Waals surface area contributed by atoms with Gasteiger partial charge in [0, 0.05) is 12.6 Å². The summed E-state index contributed by atoms with van der Waals surface area (Å²) in [7, 11) is 0. The third kappa shape index (κ3) is 2.05. The van der Waals surface area contributed by atoms with Crippen LogP contribution in [0.2, 0.25) is 0 Å². The summed E-state index contributed by atoms with van der Waals surface area (Å²) in [5.41, 5.74) is 1.44. The molecule has 4 bridgehead atoms. The van der Waals surface area contributed by atoms with Crippen molar-refractivity contribution in [3.8, 4) is 0 Å². The van der Waals surface area contributed by atoms with Crippen molar-refractivity contribution in [2.45, 2.75) is 71.8 Å². The van der Waals surface area contributed by atoms with Crippen LogP contribution in [-0.2, 0) is 0 Å². The minimum Gasteiger partial charge on any atom is -0.314 e. The van der Waals surface area contributed by atoms with E-state index < -0.39 is 0 Å². The molecule has 0 aliphatic heterocycles. The van der Waals surface area contributed by atoms with Gasteiger partial charge in [-0.2, -0.15) is 0 Å². The van der Waals surface area contributed by atoms with Crippen LogP contribution in [0.25, 0.3) is 0 Å². The van der Waals surface area contributed by atoms with Crippen LogP contribution in [0.3, 0.4) is 0 Å². The Kier molecular flexibility index (Phi) is 2.81. The molecule has 4 saturated carbocycles. The van der Waals surface area contributed by atoms with Crippen molar-refractivity contribution >= 4 is 0 Å². The first-order valence-electron chi connectivity index (χ1n) is 7.78. The lowest BCUT2D eigenvalue weighted by molar-refractivity contribution is -0.111. The molecule has 0 radical (unpaired) electrons. The summed E-state index contributed by atoms with van der Waals surface area (Å²) in [6.45, 7) is 8.31. The monoisotopic (exact) mass is 235 g/mol. The fraction of sp³-hybridized carbons (Fsp3) is 1.00. The molecule has 98 valence electrons. The van der Waals surface area contributed by atoms with E-state index in [1.165, 1.54) is 32.2 Å². The minimum atomic E-state index is 0.653. The molecule has 1 heteroatoms. The molecule has 1 N–H and O–H groups in total. The van der Waals surface area contributed by atoms with Gasteiger partial charge in [0.25, 0.3) is 0 Å². The van der Waals surface area contributed by atoms with E-state index >= 15 is 0 Å². The van der Waals surface area contributed by atoms with Crippen LogP contribution < -0.4 is 5.32 Å². The fourth-order valence-electron chi connectivity index (χ4n) is 5.69. The Bertz CT molecular complexity index is 280.